The van der Waals surface area contributed by atoms with Crippen LogP contribution in [0.25, 0.3) is 0 Å². The van der Waals surface area contributed by atoms with E-state index in [0.29, 0.717) is 27.9 Å². The number of benzene rings is 2. The molecule has 0 saturated carbocycles. The van der Waals surface area contributed by atoms with Gasteiger partial charge in [-0.2, -0.15) is 0 Å². The molecule has 1 amide bonds. The van der Waals surface area contributed by atoms with Crippen molar-refractivity contribution >= 4 is 52.6 Å². The third-order valence-electron chi connectivity index (χ3n) is 4.49. The van der Waals surface area contributed by atoms with Crippen LogP contribution >= 0.6 is 23.4 Å². The van der Waals surface area contributed by atoms with Gasteiger partial charge in [-0.1, -0.05) is 17.7 Å². The van der Waals surface area contributed by atoms with Crippen LogP contribution in [0.5, 0.6) is 11.5 Å². The van der Waals surface area contributed by atoms with Gasteiger partial charge in [0.15, 0.2) is 17.3 Å². The second kappa shape index (κ2) is 9.84. The molecule has 0 aliphatic carbocycles. The van der Waals surface area contributed by atoms with Gasteiger partial charge in [-0.15, -0.1) is 11.8 Å². The number of rotatable bonds is 7. The number of nitrogens with one attached hydrogen (secondary N) is 1. The summed E-state index contributed by atoms with van der Waals surface area (Å²) in [5, 5.41) is 3.17. The number of carbonyl (C=O) groups is 2. The van der Waals surface area contributed by atoms with Crippen LogP contribution in [0.2, 0.25) is 5.15 Å². The van der Waals surface area contributed by atoms with Gasteiger partial charge in [0, 0.05) is 34.5 Å². The number of ether oxygens (including phenoxy) is 2. The molecule has 9 heteroatoms. The quantitative estimate of drug-likeness (QED) is 0.224. The molecule has 0 atom stereocenters. The zero-order valence-corrected chi connectivity index (χ0v) is 18.6. The van der Waals surface area contributed by atoms with Gasteiger partial charge in [0.1, 0.15) is 5.15 Å². The van der Waals surface area contributed by atoms with Crippen molar-refractivity contribution in [3.63, 3.8) is 0 Å². The lowest BCUT2D eigenvalue weighted by atomic mass is 10.1. The lowest BCUT2D eigenvalue weighted by Crippen LogP contribution is -2.16. The van der Waals surface area contributed by atoms with Crippen molar-refractivity contribution in [1.29, 1.82) is 0 Å². The van der Waals surface area contributed by atoms with E-state index < -0.39 is 0 Å². The Morgan fingerprint density at radius 3 is 2.78 bits per heavy atom. The first-order valence-corrected chi connectivity index (χ1v) is 11.0. The van der Waals surface area contributed by atoms with Gasteiger partial charge < -0.3 is 14.8 Å². The van der Waals surface area contributed by atoms with Crippen LogP contribution in [-0.4, -0.2) is 35.4 Å². The zero-order valence-electron chi connectivity index (χ0n) is 17.0. The maximum absolute atomic E-state index is 12.5. The maximum Gasteiger partial charge on any atom is 0.234 e. The van der Waals surface area contributed by atoms with Crippen LogP contribution in [0.3, 0.4) is 0 Å². The van der Waals surface area contributed by atoms with Crippen LogP contribution in [0.15, 0.2) is 64.6 Å². The van der Waals surface area contributed by atoms with Crippen molar-refractivity contribution in [2.45, 2.75) is 11.8 Å². The van der Waals surface area contributed by atoms with E-state index in [1.54, 1.807) is 30.6 Å². The highest BCUT2D eigenvalue weighted by atomic mass is 35.5. The molecule has 0 bridgehead atoms. The summed E-state index contributed by atoms with van der Waals surface area (Å²) in [7, 11) is 0. The van der Waals surface area contributed by atoms with Gasteiger partial charge in [-0.05, 0) is 43.3 Å². The fraction of sp³-hybridized carbons (Fsp3) is 0.130. The summed E-state index contributed by atoms with van der Waals surface area (Å²) in [5.41, 5.74) is 2.22. The number of ketones is 1. The minimum atomic E-state index is -0.243. The van der Waals surface area contributed by atoms with E-state index in [2.05, 4.69) is 15.3 Å². The van der Waals surface area contributed by atoms with Crippen LogP contribution < -0.4 is 14.8 Å². The molecule has 1 aliphatic heterocycles. The first-order chi connectivity index (χ1) is 15.5. The van der Waals surface area contributed by atoms with E-state index in [0.717, 1.165) is 16.1 Å². The average molecular weight is 468 g/mol. The average Bonchev–Trinajstić information content (AvgIpc) is 3.24. The minimum Gasteiger partial charge on any atom is -0.454 e. The largest absolute Gasteiger partial charge is 0.454 e. The first kappa shape index (κ1) is 21.9. The van der Waals surface area contributed by atoms with E-state index in [9.17, 15) is 9.59 Å². The summed E-state index contributed by atoms with van der Waals surface area (Å²) in [6, 6.07) is 14.3. The molecule has 0 saturated heterocycles. The number of Topliss-reactive ketones (excluding diaryl/α,β-unsaturated/α-hetero) is 1. The molecule has 162 valence electrons. The molecule has 7 nitrogen and oxygen atoms in total. The highest BCUT2D eigenvalue weighted by molar-refractivity contribution is 8.00. The van der Waals surface area contributed by atoms with E-state index >= 15 is 0 Å². The lowest BCUT2D eigenvalue weighted by molar-refractivity contribution is -0.113. The number of thioether (sulfide) groups is 1. The Labute approximate surface area is 193 Å². The number of hydrogen-bond donors (Lipinski definition) is 1. The Balaban J connectivity index is 1.40. The molecule has 0 fully saturated rings. The molecule has 1 N–H and O–H groups in total. The molecule has 2 aromatic carbocycles. The molecule has 0 spiro atoms. The Morgan fingerprint density at radius 1 is 1.19 bits per heavy atom. The monoisotopic (exact) mass is 467 g/mol. The van der Waals surface area contributed by atoms with Crippen LogP contribution in [-0.2, 0) is 4.79 Å². The van der Waals surface area contributed by atoms with Crippen molar-refractivity contribution in [1.82, 2.24) is 4.98 Å². The number of pyridine rings is 1. The third-order valence-corrected chi connectivity index (χ3v) is 5.80. The maximum atomic E-state index is 12.5. The number of hydrogen-bond acceptors (Lipinski definition) is 7. The van der Waals surface area contributed by atoms with Crippen molar-refractivity contribution < 1.29 is 19.1 Å². The fourth-order valence-electron chi connectivity index (χ4n) is 2.96. The Bertz CT molecular complexity index is 1220. The molecule has 1 aromatic heterocycles. The predicted molar refractivity (Wildman–Crippen MR) is 125 cm³/mol. The number of fused-ring (bicyclic) bond motifs is 1. The number of aliphatic imine (C=N–C) groups is 1. The standard InChI is InChI=1S/C23H18ClN3O4S/c1-14(28)18-9-20-21(31-13-30-20)10-19(18)27-22(29)12-32-17-6-2-5-16(8-17)26-11-15-4-3-7-25-23(15)24/h2-11H,12-13H2,1H3,(H,27,29). The summed E-state index contributed by atoms with van der Waals surface area (Å²) in [5.74, 6) is 0.732. The second-order valence-corrected chi connectivity index (χ2v) is 8.19. The number of nitrogens with zero attached hydrogens (tertiary/aromatic N) is 2. The Hall–Kier alpha value is -3.36. The SMILES string of the molecule is CC(=O)c1cc2c(cc1NC(=O)CSc1cccc(N=Cc3cccnc3Cl)c1)OCO2. The van der Waals surface area contributed by atoms with E-state index in [1.807, 2.05) is 30.3 Å². The minimum absolute atomic E-state index is 0.0890. The molecule has 2 heterocycles. The zero-order chi connectivity index (χ0) is 22.5. The normalized spacial score (nSPS) is 12.2. The Morgan fingerprint density at radius 2 is 2.00 bits per heavy atom. The van der Waals surface area contributed by atoms with Crippen LogP contribution in [0, 0.1) is 0 Å². The topological polar surface area (TPSA) is 89.9 Å². The van der Waals surface area contributed by atoms with Gasteiger partial charge in [0.2, 0.25) is 12.7 Å². The molecule has 4 rings (SSSR count). The van der Waals surface area contributed by atoms with Crippen molar-refractivity contribution in [3.05, 3.63) is 71.0 Å². The van der Waals surface area contributed by atoms with Gasteiger partial charge in [0.05, 0.1) is 17.1 Å². The van der Waals surface area contributed by atoms with E-state index in [1.165, 1.54) is 18.7 Å². The smallest absolute Gasteiger partial charge is 0.234 e. The third kappa shape index (κ3) is 5.27. The fourth-order valence-corrected chi connectivity index (χ4v) is 3.88. The van der Waals surface area contributed by atoms with Crippen molar-refractivity contribution in [3.8, 4) is 11.5 Å². The molecule has 0 unspecified atom stereocenters. The molecular weight excluding hydrogens is 450 g/mol. The molecule has 32 heavy (non-hydrogen) atoms. The van der Waals surface area contributed by atoms with Crippen LogP contribution in [0.4, 0.5) is 11.4 Å². The first-order valence-electron chi connectivity index (χ1n) is 9.61. The second-order valence-electron chi connectivity index (χ2n) is 6.78. The molecular formula is C23H18ClN3O4S. The predicted octanol–water partition coefficient (Wildman–Crippen LogP) is 5.15. The van der Waals surface area contributed by atoms with Gasteiger partial charge >= 0.3 is 0 Å². The van der Waals surface area contributed by atoms with E-state index in [4.69, 9.17) is 21.1 Å². The number of amides is 1. The van der Waals surface area contributed by atoms with Gasteiger partial charge in [-0.25, -0.2) is 4.98 Å². The Kier molecular flexibility index (Phi) is 6.72. The summed E-state index contributed by atoms with van der Waals surface area (Å²) >= 11 is 7.41. The highest BCUT2D eigenvalue weighted by Crippen LogP contribution is 2.37. The number of carbonyl (C=O) groups excluding carboxylic acids is 2. The molecule has 3 aromatic rings. The summed E-state index contributed by atoms with van der Waals surface area (Å²) in [4.78, 5) is 33.8. The van der Waals surface area contributed by atoms with Gasteiger partial charge in [0.25, 0.3) is 0 Å². The number of anilines is 1. The molecule has 0 radical (unpaired) electrons. The van der Waals surface area contributed by atoms with Crippen LogP contribution in [0.1, 0.15) is 22.8 Å². The van der Waals surface area contributed by atoms with Crippen molar-refractivity contribution in [2.75, 3.05) is 17.9 Å². The van der Waals surface area contributed by atoms with Gasteiger partial charge in [-0.3, -0.25) is 14.6 Å². The lowest BCUT2D eigenvalue weighted by Gasteiger charge is -2.10. The van der Waals surface area contributed by atoms with E-state index in [-0.39, 0.29) is 24.2 Å². The molecule has 1 aliphatic rings. The van der Waals surface area contributed by atoms with Crippen molar-refractivity contribution in [2.24, 2.45) is 4.99 Å². The summed E-state index contributed by atoms with van der Waals surface area (Å²) in [6.45, 7) is 1.53. The summed E-state index contributed by atoms with van der Waals surface area (Å²) < 4.78 is 10.7. The number of aromatic nitrogens is 1. The summed E-state index contributed by atoms with van der Waals surface area (Å²) in [6.07, 6.45) is 3.26. The number of halogens is 1. The highest BCUT2D eigenvalue weighted by Gasteiger charge is 2.20.